The molecule has 16 heavy (non-hydrogen) atoms. The zero-order valence-electron chi connectivity index (χ0n) is 10.9. The molecule has 1 rings (SSSR count). The van der Waals surface area contributed by atoms with Crippen LogP contribution in [0.5, 0.6) is 5.75 Å². The first kappa shape index (κ1) is 13.0. The van der Waals surface area contributed by atoms with Gasteiger partial charge in [0.25, 0.3) is 0 Å². The minimum absolute atomic E-state index is 0.179. The van der Waals surface area contributed by atoms with Crippen LogP contribution in [0.2, 0.25) is 0 Å². The number of hydrogen-bond donors (Lipinski definition) is 1. The van der Waals surface area contributed by atoms with E-state index >= 15 is 0 Å². The molecule has 1 atom stereocenters. The Morgan fingerprint density at radius 2 is 1.69 bits per heavy atom. The summed E-state index contributed by atoms with van der Waals surface area (Å²) in [7, 11) is 0. The molecule has 0 aliphatic heterocycles. The summed E-state index contributed by atoms with van der Waals surface area (Å²) in [5.74, 6) is 1.01. The summed E-state index contributed by atoms with van der Waals surface area (Å²) in [5.41, 5.74) is 1.58. The number of rotatable bonds is 4. The van der Waals surface area contributed by atoms with Crippen molar-refractivity contribution in [3.05, 3.63) is 29.3 Å². The molecular weight excluding hydrogens is 200 g/mol. The fourth-order valence-electron chi connectivity index (χ4n) is 1.41. The van der Waals surface area contributed by atoms with E-state index in [2.05, 4.69) is 6.07 Å². The van der Waals surface area contributed by atoms with Gasteiger partial charge in [0.2, 0.25) is 0 Å². The fraction of sp³-hybridized carbons (Fsp3) is 0.571. The molecule has 0 radical (unpaired) electrons. The lowest BCUT2D eigenvalue weighted by molar-refractivity contribution is -0.0266. The van der Waals surface area contributed by atoms with Crippen molar-refractivity contribution in [2.45, 2.75) is 40.2 Å². The predicted octanol–water partition coefficient (Wildman–Crippen LogP) is 3.09. The molecule has 0 aliphatic rings. The van der Waals surface area contributed by atoms with Gasteiger partial charge < -0.3 is 9.84 Å². The average molecular weight is 222 g/mol. The van der Waals surface area contributed by atoms with Crippen LogP contribution in [0.15, 0.2) is 18.2 Å². The molecule has 2 nitrogen and oxygen atoms in total. The van der Waals surface area contributed by atoms with Crippen LogP contribution in [0, 0.1) is 19.8 Å². The molecule has 0 bridgehead atoms. The van der Waals surface area contributed by atoms with Crippen LogP contribution in [0.3, 0.4) is 0 Å². The van der Waals surface area contributed by atoms with E-state index < -0.39 is 5.60 Å². The normalized spacial score (nSPS) is 14.9. The SMILES string of the molecule is Cc1cc(C)cc(OCC(C)(O)C(C)C)c1. The Morgan fingerprint density at radius 3 is 2.12 bits per heavy atom. The molecule has 1 unspecified atom stereocenters. The summed E-state index contributed by atoms with van der Waals surface area (Å²) in [4.78, 5) is 0. The molecule has 0 saturated heterocycles. The molecule has 0 aromatic heterocycles. The van der Waals surface area contributed by atoms with E-state index in [1.54, 1.807) is 6.92 Å². The van der Waals surface area contributed by atoms with Crippen molar-refractivity contribution >= 4 is 0 Å². The third kappa shape index (κ3) is 3.53. The molecule has 0 amide bonds. The molecule has 2 heteroatoms. The van der Waals surface area contributed by atoms with Gasteiger partial charge in [0.15, 0.2) is 0 Å². The van der Waals surface area contributed by atoms with Crippen LogP contribution in [-0.4, -0.2) is 17.3 Å². The first-order valence-corrected chi connectivity index (χ1v) is 5.75. The van der Waals surface area contributed by atoms with Gasteiger partial charge in [0.1, 0.15) is 12.4 Å². The Hall–Kier alpha value is -1.02. The largest absolute Gasteiger partial charge is 0.491 e. The predicted molar refractivity (Wildman–Crippen MR) is 66.9 cm³/mol. The second-order valence-electron chi connectivity index (χ2n) is 5.12. The number of ether oxygens (including phenoxy) is 1. The molecular formula is C14H22O2. The Labute approximate surface area is 98.3 Å². The number of aliphatic hydroxyl groups is 1. The second-order valence-corrected chi connectivity index (χ2v) is 5.12. The number of benzene rings is 1. The quantitative estimate of drug-likeness (QED) is 0.848. The maximum Gasteiger partial charge on any atom is 0.119 e. The lowest BCUT2D eigenvalue weighted by atomic mass is 9.94. The lowest BCUT2D eigenvalue weighted by Gasteiger charge is -2.27. The lowest BCUT2D eigenvalue weighted by Crippen LogP contribution is -2.37. The Balaban J connectivity index is 2.68. The van der Waals surface area contributed by atoms with Crippen LogP contribution < -0.4 is 4.74 Å². The molecule has 1 N–H and O–H groups in total. The number of aryl methyl sites for hydroxylation is 2. The number of hydrogen-bond acceptors (Lipinski definition) is 2. The summed E-state index contributed by atoms with van der Waals surface area (Å²) in [6, 6.07) is 6.08. The maximum atomic E-state index is 10.1. The van der Waals surface area contributed by atoms with E-state index in [0.717, 1.165) is 5.75 Å². The Morgan fingerprint density at radius 1 is 1.19 bits per heavy atom. The standard InChI is InChI=1S/C14H22O2/c1-10(2)14(5,15)9-16-13-7-11(3)6-12(4)8-13/h6-8,10,15H,9H2,1-5H3. The Bertz CT molecular complexity index is 334. The van der Waals surface area contributed by atoms with Crippen molar-refractivity contribution in [1.82, 2.24) is 0 Å². The summed E-state index contributed by atoms with van der Waals surface area (Å²) >= 11 is 0. The third-order valence-corrected chi connectivity index (χ3v) is 2.97. The summed E-state index contributed by atoms with van der Waals surface area (Å²) in [6.07, 6.45) is 0. The van der Waals surface area contributed by atoms with E-state index in [1.807, 2.05) is 39.8 Å². The highest BCUT2D eigenvalue weighted by atomic mass is 16.5. The van der Waals surface area contributed by atoms with Gasteiger partial charge in [0, 0.05) is 0 Å². The zero-order chi connectivity index (χ0) is 12.3. The smallest absolute Gasteiger partial charge is 0.119 e. The molecule has 0 heterocycles. The van der Waals surface area contributed by atoms with E-state index in [4.69, 9.17) is 4.74 Å². The van der Waals surface area contributed by atoms with Gasteiger partial charge in [-0.1, -0.05) is 19.9 Å². The van der Waals surface area contributed by atoms with Crippen molar-refractivity contribution < 1.29 is 9.84 Å². The first-order chi connectivity index (χ1) is 7.31. The van der Waals surface area contributed by atoms with E-state index in [9.17, 15) is 5.11 Å². The van der Waals surface area contributed by atoms with Gasteiger partial charge in [-0.2, -0.15) is 0 Å². The van der Waals surface area contributed by atoms with Crippen LogP contribution in [0.1, 0.15) is 31.9 Å². The molecule has 90 valence electrons. The van der Waals surface area contributed by atoms with E-state index in [1.165, 1.54) is 11.1 Å². The van der Waals surface area contributed by atoms with Gasteiger partial charge in [-0.25, -0.2) is 0 Å². The van der Waals surface area contributed by atoms with Crippen molar-refractivity contribution in [1.29, 1.82) is 0 Å². The van der Waals surface area contributed by atoms with Gasteiger partial charge in [-0.05, 0) is 49.9 Å². The zero-order valence-corrected chi connectivity index (χ0v) is 10.9. The molecule has 1 aromatic rings. The van der Waals surface area contributed by atoms with Gasteiger partial charge >= 0.3 is 0 Å². The van der Waals surface area contributed by atoms with Crippen LogP contribution in [0.4, 0.5) is 0 Å². The topological polar surface area (TPSA) is 29.5 Å². The fourth-order valence-corrected chi connectivity index (χ4v) is 1.41. The highest BCUT2D eigenvalue weighted by Crippen LogP contribution is 2.21. The Kier molecular flexibility index (Phi) is 3.98. The monoisotopic (exact) mass is 222 g/mol. The third-order valence-electron chi connectivity index (χ3n) is 2.97. The minimum Gasteiger partial charge on any atom is -0.491 e. The van der Waals surface area contributed by atoms with Crippen LogP contribution in [0.25, 0.3) is 0 Å². The van der Waals surface area contributed by atoms with Gasteiger partial charge in [-0.15, -0.1) is 0 Å². The van der Waals surface area contributed by atoms with Crippen molar-refractivity contribution in [2.75, 3.05) is 6.61 Å². The highest BCUT2D eigenvalue weighted by molar-refractivity contribution is 5.33. The molecule has 0 fully saturated rings. The van der Waals surface area contributed by atoms with Crippen molar-refractivity contribution in [2.24, 2.45) is 5.92 Å². The van der Waals surface area contributed by atoms with Crippen LogP contribution in [-0.2, 0) is 0 Å². The molecule has 1 aromatic carbocycles. The summed E-state index contributed by atoms with van der Waals surface area (Å²) < 4.78 is 5.64. The van der Waals surface area contributed by atoms with E-state index in [0.29, 0.717) is 6.61 Å². The van der Waals surface area contributed by atoms with Gasteiger partial charge in [0.05, 0.1) is 5.60 Å². The minimum atomic E-state index is -0.780. The molecule has 0 saturated carbocycles. The molecule has 0 spiro atoms. The summed E-state index contributed by atoms with van der Waals surface area (Å²) in [6.45, 7) is 10.2. The first-order valence-electron chi connectivity index (χ1n) is 5.75. The van der Waals surface area contributed by atoms with E-state index in [-0.39, 0.29) is 5.92 Å². The maximum absolute atomic E-state index is 10.1. The second kappa shape index (κ2) is 4.88. The van der Waals surface area contributed by atoms with Crippen molar-refractivity contribution in [3.8, 4) is 5.75 Å². The highest BCUT2D eigenvalue weighted by Gasteiger charge is 2.25. The molecule has 0 aliphatic carbocycles. The van der Waals surface area contributed by atoms with Crippen LogP contribution >= 0.6 is 0 Å². The summed E-state index contributed by atoms with van der Waals surface area (Å²) in [5, 5.41) is 10.1. The van der Waals surface area contributed by atoms with Gasteiger partial charge in [-0.3, -0.25) is 0 Å². The van der Waals surface area contributed by atoms with Crippen molar-refractivity contribution in [3.63, 3.8) is 0 Å². The average Bonchev–Trinajstić information content (AvgIpc) is 2.13.